The molecule has 180 valence electrons. The van der Waals surface area contributed by atoms with Gasteiger partial charge in [-0.1, -0.05) is 41.9 Å². The van der Waals surface area contributed by atoms with E-state index >= 15 is 0 Å². The highest BCUT2D eigenvalue weighted by atomic mass is 35.5. The number of halogens is 1. The molecule has 0 atom stereocenters. The number of anilines is 1. The maximum absolute atomic E-state index is 12.8. The van der Waals surface area contributed by atoms with Crippen molar-refractivity contribution in [2.75, 3.05) is 12.4 Å². The molecule has 0 bridgehead atoms. The molecule has 0 saturated carbocycles. The standard InChI is InChI=1S/C29H24ClN3O3/c1-4-7-21-12-20(13-24(17-32)29(34)33-25-11-10-19(2)26(30)15-25)14-27(35-3)28(21)36-18-23-9-6-5-8-22(23)16-31/h4-6,8-15H,1,7,18H2,2-3H3,(H,33,34)/b24-13-. The van der Waals surface area contributed by atoms with Crippen LogP contribution in [-0.4, -0.2) is 13.0 Å². The topological polar surface area (TPSA) is 95.1 Å². The molecule has 0 spiro atoms. The molecule has 36 heavy (non-hydrogen) atoms. The Morgan fingerprint density at radius 1 is 1.14 bits per heavy atom. The van der Waals surface area contributed by atoms with E-state index in [0.717, 1.165) is 16.7 Å². The highest BCUT2D eigenvalue weighted by molar-refractivity contribution is 6.31. The number of rotatable bonds is 9. The minimum atomic E-state index is -0.560. The van der Waals surface area contributed by atoms with Crippen LogP contribution in [0.3, 0.4) is 0 Å². The number of aryl methyl sites for hydroxylation is 1. The van der Waals surface area contributed by atoms with E-state index in [4.69, 9.17) is 21.1 Å². The van der Waals surface area contributed by atoms with E-state index in [2.05, 4.69) is 18.0 Å². The van der Waals surface area contributed by atoms with Gasteiger partial charge in [0.05, 0.1) is 18.7 Å². The lowest BCUT2D eigenvalue weighted by Crippen LogP contribution is -2.13. The average molecular weight is 498 g/mol. The van der Waals surface area contributed by atoms with Crippen LogP contribution in [0.5, 0.6) is 11.5 Å². The second kappa shape index (κ2) is 12.3. The number of methoxy groups -OCH3 is 1. The van der Waals surface area contributed by atoms with Gasteiger partial charge in [0.2, 0.25) is 0 Å². The van der Waals surface area contributed by atoms with Crippen molar-refractivity contribution < 1.29 is 14.3 Å². The van der Waals surface area contributed by atoms with Gasteiger partial charge in [-0.05, 0) is 60.9 Å². The first-order chi connectivity index (χ1) is 17.4. The molecule has 3 aromatic carbocycles. The Bertz CT molecular complexity index is 1410. The zero-order valence-corrected chi connectivity index (χ0v) is 20.7. The van der Waals surface area contributed by atoms with Crippen molar-refractivity contribution in [2.24, 2.45) is 0 Å². The number of benzene rings is 3. The smallest absolute Gasteiger partial charge is 0.266 e. The predicted molar refractivity (Wildman–Crippen MR) is 141 cm³/mol. The lowest BCUT2D eigenvalue weighted by atomic mass is 10.0. The lowest BCUT2D eigenvalue weighted by molar-refractivity contribution is -0.112. The molecule has 0 radical (unpaired) electrons. The van der Waals surface area contributed by atoms with Gasteiger partial charge in [0.15, 0.2) is 11.5 Å². The Morgan fingerprint density at radius 2 is 1.92 bits per heavy atom. The average Bonchev–Trinajstić information content (AvgIpc) is 2.88. The summed E-state index contributed by atoms with van der Waals surface area (Å²) in [6, 6.07) is 19.9. The number of carbonyl (C=O) groups is 1. The van der Waals surface area contributed by atoms with Gasteiger partial charge in [-0.15, -0.1) is 6.58 Å². The van der Waals surface area contributed by atoms with Gasteiger partial charge in [-0.25, -0.2) is 0 Å². The van der Waals surface area contributed by atoms with Crippen molar-refractivity contribution in [1.82, 2.24) is 0 Å². The molecule has 0 aliphatic carbocycles. The molecule has 6 nitrogen and oxygen atoms in total. The summed E-state index contributed by atoms with van der Waals surface area (Å²) in [7, 11) is 1.51. The third kappa shape index (κ3) is 6.33. The fourth-order valence-electron chi connectivity index (χ4n) is 3.48. The molecular weight excluding hydrogens is 474 g/mol. The molecule has 0 fully saturated rings. The highest BCUT2D eigenvalue weighted by Gasteiger charge is 2.16. The number of nitrogens with one attached hydrogen (secondary N) is 1. The fraction of sp³-hybridized carbons (Fsp3) is 0.138. The first-order valence-corrected chi connectivity index (χ1v) is 11.4. The normalized spacial score (nSPS) is 10.6. The number of hydrogen-bond acceptors (Lipinski definition) is 5. The van der Waals surface area contributed by atoms with Crippen LogP contribution in [0, 0.1) is 29.6 Å². The third-order valence-corrected chi connectivity index (χ3v) is 5.76. The number of ether oxygens (including phenoxy) is 2. The van der Waals surface area contributed by atoms with E-state index in [0.29, 0.717) is 39.8 Å². The molecule has 0 aliphatic rings. The Kier molecular flexibility index (Phi) is 8.89. The number of nitriles is 2. The molecule has 1 amide bonds. The lowest BCUT2D eigenvalue weighted by Gasteiger charge is -2.16. The van der Waals surface area contributed by atoms with Crippen LogP contribution in [0.2, 0.25) is 5.02 Å². The van der Waals surface area contributed by atoms with Crippen LogP contribution < -0.4 is 14.8 Å². The zero-order chi connectivity index (χ0) is 26.1. The molecule has 3 rings (SSSR count). The summed E-state index contributed by atoms with van der Waals surface area (Å²) in [5, 5.41) is 22.2. The van der Waals surface area contributed by atoms with E-state index in [1.165, 1.54) is 13.2 Å². The zero-order valence-electron chi connectivity index (χ0n) is 20.0. The summed E-state index contributed by atoms with van der Waals surface area (Å²) in [5.74, 6) is 0.368. The van der Waals surface area contributed by atoms with Crippen molar-refractivity contribution in [1.29, 1.82) is 10.5 Å². The first kappa shape index (κ1) is 26.1. The van der Waals surface area contributed by atoms with Crippen molar-refractivity contribution >= 4 is 29.3 Å². The second-order valence-corrected chi connectivity index (χ2v) is 8.26. The molecular formula is C29H24ClN3O3. The molecule has 0 unspecified atom stereocenters. The highest BCUT2D eigenvalue weighted by Crippen LogP contribution is 2.35. The van der Waals surface area contributed by atoms with Crippen LogP contribution in [-0.2, 0) is 17.8 Å². The number of amides is 1. The Hall–Kier alpha value is -4.52. The van der Waals surface area contributed by atoms with Crippen LogP contribution in [0.4, 0.5) is 5.69 Å². The van der Waals surface area contributed by atoms with Gasteiger partial charge in [0.25, 0.3) is 5.91 Å². The van der Waals surface area contributed by atoms with Gasteiger partial charge in [-0.2, -0.15) is 10.5 Å². The van der Waals surface area contributed by atoms with Crippen LogP contribution in [0.15, 0.2) is 72.8 Å². The maximum Gasteiger partial charge on any atom is 0.266 e. The van der Waals surface area contributed by atoms with Crippen LogP contribution >= 0.6 is 11.6 Å². The van der Waals surface area contributed by atoms with Crippen molar-refractivity contribution in [3.8, 4) is 23.6 Å². The Labute approximate surface area is 215 Å². The summed E-state index contributed by atoms with van der Waals surface area (Å²) < 4.78 is 11.6. The SMILES string of the molecule is C=CCc1cc(/C=C(/C#N)C(=O)Nc2ccc(C)c(Cl)c2)cc(OC)c1OCc1ccccc1C#N. The molecule has 0 heterocycles. The largest absolute Gasteiger partial charge is 0.493 e. The number of nitrogens with zero attached hydrogens (tertiary/aromatic N) is 2. The number of allylic oxidation sites excluding steroid dienone is 1. The van der Waals surface area contributed by atoms with Gasteiger partial charge in [0.1, 0.15) is 18.2 Å². The summed E-state index contributed by atoms with van der Waals surface area (Å²) in [6.45, 7) is 5.84. The van der Waals surface area contributed by atoms with E-state index in [1.807, 2.05) is 31.2 Å². The summed E-state index contributed by atoms with van der Waals surface area (Å²) in [5.41, 5.74) is 3.90. The van der Waals surface area contributed by atoms with Crippen LogP contribution in [0.25, 0.3) is 6.08 Å². The van der Waals surface area contributed by atoms with Crippen molar-refractivity contribution in [3.63, 3.8) is 0 Å². The third-order valence-electron chi connectivity index (χ3n) is 5.35. The molecule has 3 aromatic rings. The van der Waals surface area contributed by atoms with E-state index in [9.17, 15) is 15.3 Å². The molecule has 7 heteroatoms. The van der Waals surface area contributed by atoms with Gasteiger partial charge in [0, 0.05) is 21.8 Å². The molecule has 0 aromatic heterocycles. The molecule has 0 saturated heterocycles. The van der Waals surface area contributed by atoms with Crippen molar-refractivity contribution in [3.05, 3.63) is 106 Å². The number of hydrogen-bond donors (Lipinski definition) is 1. The van der Waals surface area contributed by atoms with Gasteiger partial charge in [-0.3, -0.25) is 4.79 Å². The predicted octanol–water partition coefficient (Wildman–Crippen LogP) is 6.38. The Balaban J connectivity index is 1.92. The minimum absolute atomic E-state index is 0.0880. The maximum atomic E-state index is 12.8. The number of carbonyl (C=O) groups excluding carboxylic acids is 1. The molecule has 1 N–H and O–H groups in total. The fourth-order valence-corrected chi connectivity index (χ4v) is 3.66. The van der Waals surface area contributed by atoms with E-state index in [-0.39, 0.29) is 12.2 Å². The van der Waals surface area contributed by atoms with Crippen molar-refractivity contribution in [2.45, 2.75) is 20.0 Å². The van der Waals surface area contributed by atoms with Gasteiger partial charge < -0.3 is 14.8 Å². The summed E-state index contributed by atoms with van der Waals surface area (Å²) >= 11 is 6.14. The van der Waals surface area contributed by atoms with Gasteiger partial charge >= 0.3 is 0 Å². The van der Waals surface area contributed by atoms with E-state index < -0.39 is 5.91 Å². The summed E-state index contributed by atoms with van der Waals surface area (Å²) in [6.07, 6.45) is 3.66. The van der Waals surface area contributed by atoms with Crippen LogP contribution in [0.1, 0.15) is 27.8 Å². The minimum Gasteiger partial charge on any atom is -0.493 e. The second-order valence-electron chi connectivity index (χ2n) is 7.85. The quantitative estimate of drug-likeness (QED) is 0.210. The molecule has 0 aliphatic heterocycles. The first-order valence-electron chi connectivity index (χ1n) is 11.0. The van der Waals surface area contributed by atoms with E-state index in [1.54, 1.807) is 42.5 Å². The monoisotopic (exact) mass is 497 g/mol. The Morgan fingerprint density at radius 3 is 2.58 bits per heavy atom. The summed E-state index contributed by atoms with van der Waals surface area (Å²) in [4.78, 5) is 12.8.